The van der Waals surface area contributed by atoms with Crippen molar-refractivity contribution in [1.29, 1.82) is 0 Å². The van der Waals surface area contributed by atoms with Crippen LogP contribution in [0.1, 0.15) is 0 Å². The molecular formula is C15H14N4O2. The van der Waals surface area contributed by atoms with Crippen LogP contribution in [0.15, 0.2) is 42.7 Å². The Kier molecular flexibility index (Phi) is 3.51. The van der Waals surface area contributed by atoms with Gasteiger partial charge in [-0.2, -0.15) is 0 Å². The number of nitrogens with one attached hydrogen (secondary N) is 1. The lowest BCUT2D eigenvalue weighted by Crippen LogP contribution is -1.97. The van der Waals surface area contributed by atoms with Crippen molar-refractivity contribution in [2.24, 2.45) is 0 Å². The van der Waals surface area contributed by atoms with Gasteiger partial charge in [-0.1, -0.05) is 0 Å². The Morgan fingerprint density at radius 2 is 1.86 bits per heavy atom. The zero-order chi connectivity index (χ0) is 14.7. The van der Waals surface area contributed by atoms with Gasteiger partial charge in [-0.25, -0.2) is 15.0 Å². The number of hydrogen-bond donors (Lipinski definition) is 1. The number of ether oxygens (including phenoxy) is 2. The quantitative estimate of drug-likeness (QED) is 0.793. The van der Waals surface area contributed by atoms with E-state index < -0.39 is 0 Å². The lowest BCUT2D eigenvalue weighted by atomic mass is 10.2. The molecule has 2 aromatic heterocycles. The summed E-state index contributed by atoms with van der Waals surface area (Å²) in [5, 5.41) is 3.17. The summed E-state index contributed by atoms with van der Waals surface area (Å²) in [5.74, 6) is 1.94. The zero-order valence-corrected chi connectivity index (χ0v) is 11.7. The predicted octanol–water partition coefficient (Wildman–Crippen LogP) is 2.79. The predicted molar refractivity (Wildman–Crippen MR) is 80.2 cm³/mol. The highest BCUT2D eigenvalue weighted by molar-refractivity contribution is 5.72. The molecule has 0 aliphatic rings. The molecule has 21 heavy (non-hydrogen) atoms. The number of aromatic nitrogens is 3. The van der Waals surface area contributed by atoms with Crippen LogP contribution in [0.3, 0.4) is 0 Å². The molecule has 0 unspecified atom stereocenters. The molecule has 106 valence electrons. The first-order chi connectivity index (χ1) is 10.3. The number of anilines is 2. The molecule has 0 aliphatic carbocycles. The van der Waals surface area contributed by atoms with Crippen LogP contribution in [0.5, 0.6) is 11.5 Å². The van der Waals surface area contributed by atoms with E-state index >= 15 is 0 Å². The van der Waals surface area contributed by atoms with Crippen LogP contribution in [0, 0.1) is 0 Å². The van der Waals surface area contributed by atoms with E-state index in [0.717, 1.165) is 11.2 Å². The molecular weight excluding hydrogens is 268 g/mol. The fourth-order valence-corrected chi connectivity index (χ4v) is 1.97. The highest BCUT2D eigenvalue weighted by Gasteiger charge is 2.06. The lowest BCUT2D eigenvalue weighted by Gasteiger charge is -2.10. The van der Waals surface area contributed by atoms with Crippen LogP contribution in [-0.2, 0) is 0 Å². The van der Waals surface area contributed by atoms with Crippen LogP contribution >= 0.6 is 0 Å². The first-order valence-electron chi connectivity index (χ1n) is 6.37. The van der Waals surface area contributed by atoms with Crippen molar-refractivity contribution >= 4 is 22.7 Å². The van der Waals surface area contributed by atoms with Gasteiger partial charge in [0.2, 0.25) is 0 Å². The van der Waals surface area contributed by atoms with E-state index in [4.69, 9.17) is 9.47 Å². The monoisotopic (exact) mass is 282 g/mol. The minimum atomic E-state index is 0.600. The SMILES string of the molecule is COc1ccc(Nc2cnc3cccnc3n2)cc1OC. The van der Waals surface area contributed by atoms with Crippen molar-refractivity contribution in [1.82, 2.24) is 15.0 Å². The fraction of sp³-hybridized carbons (Fsp3) is 0.133. The lowest BCUT2D eigenvalue weighted by molar-refractivity contribution is 0.355. The topological polar surface area (TPSA) is 69.2 Å². The normalized spacial score (nSPS) is 10.4. The fourth-order valence-electron chi connectivity index (χ4n) is 1.97. The molecule has 3 rings (SSSR count). The molecule has 1 N–H and O–H groups in total. The molecule has 6 nitrogen and oxygen atoms in total. The number of nitrogens with zero attached hydrogens (tertiary/aromatic N) is 3. The second-order valence-corrected chi connectivity index (χ2v) is 4.30. The van der Waals surface area contributed by atoms with Crippen molar-refractivity contribution in [2.45, 2.75) is 0 Å². The van der Waals surface area contributed by atoms with Crippen LogP contribution < -0.4 is 14.8 Å². The van der Waals surface area contributed by atoms with Crippen molar-refractivity contribution in [3.8, 4) is 11.5 Å². The van der Waals surface area contributed by atoms with Crippen LogP contribution in [0.2, 0.25) is 0 Å². The number of rotatable bonds is 4. The van der Waals surface area contributed by atoms with Gasteiger partial charge < -0.3 is 14.8 Å². The third-order valence-corrected chi connectivity index (χ3v) is 2.97. The first-order valence-corrected chi connectivity index (χ1v) is 6.37. The molecule has 6 heteroatoms. The van der Waals surface area contributed by atoms with Crippen LogP contribution in [0.4, 0.5) is 11.5 Å². The van der Waals surface area contributed by atoms with E-state index in [1.54, 1.807) is 26.6 Å². The molecule has 0 saturated carbocycles. The maximum Gasteiger partial charge on any atom is 0.180 e. The van der Waals surface area contributed by atoms with Crippen LogP contribution in [0.25, 0.3) is 11.2 Å². The van der Waals surface area contributed by atoms with Gasteiger partial charge in [0.05, 0.1) is 20.4 Å². The average molecular weight is 282 g/mol. The van der Waals surface area contributed by atoms with E-state index in [1.807, 2.05) is 30.3 Å². The van der Waals surface area contributed by atoms with Gasteiger partial charge in [0.25, 0.3) is 0 Å². The number of hydrogen-bond acceptors (Lipinski definition) is 6. The molecule has 0 amide bonds. The zero-order valence-electron chi connectivity index (χ0n) is 11.7. The van der Waals surface area contributed by atoms with Gasteiger partial charge >= 0.3 is 0 Å². The second kappa shape index (κ2) is 5.62. The highest BCUT2D eigenvalue weighted by atomic mass is 16.5. The Morgan fingerprint density at radius 3 is 2.67 bits per heavy atom. The van der Waals surface area contributed by atoms with Gasteiger partial charge in [-0.15, -0.1) is 0 Å². The van der Waals surface area contributed by atoms with Gasteiger partial charge in [-0.05, 0) is 24.3 Å². The van der Waals surface area contributed by atoms with Crippen molar-refractivity contribution in [3.63, 3.8) is 0 Å². The average Bonchev–Trinajstić information content (AvgIpc) is 2.54. The number of fused-ring (bicyclic) bond motifs is 1. The van der Waals surface area contributed by atoms with Crippen molar-refractivity contribution in [2.75, 3.05) is 19.5 Å². The van der Waals surface area contributed by atoms with E-state index in [2.05, 4.69) is 20.3 Å². The Morgan fingerprint density at radius 1 is 1.00 bits per heavy atom. The molecule has 3 aromatic rings. The van der Waals surface area contributed by atoms with E-state index in [0.29, 0.717) is 23.0 Å². The summed E-state index contributed by atoms with van der Waals surface area (Å²) in [5.41, 5.74) is 2.19. The molecule has 0 aliphatic heterocycles. The van der Waals surface area contributed by atoms with E-state index in [9.17, 15) is 0 Å². The van der Waals surface area contributed by atoms with Gasteiger partial charge in [0.15, 0.2) is 23.0 Å². The summed E-state index contributed by atoms with van der Waals surface area (Å²) in [7, 11) is 3.20. The minimum absolute atomic E-state index is 0.600. The first kappa shape index (κ1) is 13.1. The Balaban J connectivity index is 1.91. The summed E-state index contributed by atoms with van der Waals surface area (Å²) in [6, 6.07) is 9.25. The maximum atomic E-state index is 5.27. The molecule has 0 radical (unpaired) electrons. The van der Waals surface area contributed by atoms with E-state index in [-0.39, 0.29) is 0 Å². The number of methoxy groups -OCH3 is 2. The van der Waals surface area contributed by atoms with Gasteiger partial charge in [0, 0.05) is 18.0 Å². The summed E-state index contributed by atoms with van der Waals surface area (Å²) in [6.45, 7) is 0. The smallest absolute Gasteiger partial charge is 0.180 e. The second-order valence-electron chi connectivity index (χ2n) is 4.30. The molecule has 0 saturated heterocycles. The van der Waals surface area contributed by atoms with Gasteiger partial charge in [0.1, 0.15) is 5.52 Å². The molecule has 0 fully saturated rings. The maximum absolute atomic E-state index is 5.27. The minimum Gasteiger partial charge on any atom is -0.493 e. The third-order valence-electron chi connectivity index (χ3n) is 2.97. The molecule has 0 bridgehead atoms. The van der Waals surface area contributed by atoms with E-state index in [1.165, 1.54) is 0 Å². The van der Waals surface area contributed by atoms with Gasteiger partial charge in [-0.3, -0.25) is 0 Å². The summed E-state index contributed by atoms with van der Waals surface area (Å²) in [4.78, 5) is 12.9. The highest BCUT2D eigenvalue weighted by Crippen LogP contribution is 2.30. The van der Waals surface area contributed by atoms with Crippen LogP contribution in [-0.4, -0.2) is 29.2 Å². The summed E-state index contributed by atoms with van der Waals surface area (Å²) < 4.78 is 10.5. The third kappa shape index (κ3) is 2.69. The molecule has 0 spiro atoms. The van der Waals surface area contributed by atoms with Crippen molar-refractivity contribution in [3.05, 3.63) is 42.7 Å². The summed E-state index contributed by atoms with van der Waals surface area (Å²) in [6.07, 6.45) is 3.36. The molecule has 0 atom stereocenters. The van der Waals surface area contributed by atoms with Crippen molar-refractivity contribution < 1.29 is 9.47 Å². The Hall–Kier alpha value is -2.89. The summed E-state index contributed by atoms with van der Waals surface area (Å²) >= 11 is 0. The molecule has 1 aromatic carbocycles. The largest absolute Gasteiger partial charge is 0.493 e. The molecule has 2 heterocycles. The Labute approximate surface area is 121 Å². The number of pyridine rings is 1. The Bertz CT molecular complexity index is 776. The standard InChI is InChI=1S/C15H14N4O2/c1-20-12-6-5-10(8-13(12)21-2)18-14-9-17-11-4-3-7-16-15(11)19-14/h3-9H,1-2H3,(H,16,18,19). The number of benzene rings is 1.